The molecular formula is C116H159F3N8O13. The molecule has 1 heterocycles. The predicted octanol–water partition coefficient (Wildman–Crippen LogP) is 19.7. The Labute approximate surface area is 835 Å². The molecule has 10 atom stereocenters. The normalized spacial score (nSPS) is 21.6. The van der Waals surface area contributed by atoms with Crippen LogP contribution in [0.1, 0.15) is 345 Å². The summed E-state index contributed by atoms with van der Waals surface area (Å²) in [6, 6.07) is 31.7. The largest absolute Gasteiger partial charge is 0.449 e. The number of nitrogens with zero attached hydrogens (tertiary/aromatic N) is 1. The highest BCUT2D eigenvalue weighted by molar-refractivity contribution is 5.95. The predicted molar refractivity (Wildman–Crippen MR) is 549 cm³/mol. The van der Waals surface area contributed by atoms with E-state index in [1.165, 1.54) is 32.1 Å². The number of nitrogens with one attached hydrogen (secondary N) is 7. The molecule has 7 N–H and O–H groups in total. The monoisotopic (exact) mass is 1930 g/mol. The van der Waals surface area contributed by atoms with Crippen LogP contribution in [-0.4, -0.2) is 164 Å². The van der Waals surface area contributed by atoms with Gasteiger partial charge in [-0.3, -0.25) is 33.6 Å². The van der Waals surface area contributed by atoms with Gasteiger partial charge in [0, 0.05) is 167 Å². The van der Waals surface area contributed by atoms with Gasteiger partial charge in [0.25, 0.3) is 11.8 Å². The van der Waals surface area contributed by atoms with E-state index in [-0.39, 0.29) is 160 Å². The minimum absolute atomic E-state index is 0.0339. The zero-order valence-corrected chi connectivity index (χ0v) is 86.5. The average Bonchev–Trinajstić information content (AvgIpc) is 1.57. The van der Waals surface area contributed by atoms with Crippen LogP contribution in [0.15, 0.2) is 97.1 Å². The zero-order chi connectivity index (χ0) is 102. The van der Waals surface area contributed by atoms with Crippen molar-refractivity contribution in [2.45, 2.75) is 382 Å². The summed E-state index contributed by atoms with van der Waals surface area (Å²) in [6.45, 7) is 36.1. The third kappa shape index (κ3) is 48.4. The number of benzene rings is 4. The minimum atomic E-state index is -2.93. The first-order chi connectivity index (χ1) is 66.8. The average molecular weight is 1930 g/mol. The Morgan fingerprint density at radius 2 is 0.943 bits per heavy atom. The first kappa shape index (κ1) is 118. The summed E-state index contributed by atoms with van der Waals surface area (Å²) < 4.78 is 69.1. The molecule has 4 aromatic rings. The molecule has 24 heteroatoms. The van der Waals surface area contributed by atoms with E-state index in [2.05, 4.69) is 141 Å². The van der Waals surface area contributed by atoms with E-state index >= 15 is 0 Å². The molecule has 0 aromatic heterocycles. The van der Waals surface area contributed by atoms with Crippen LogP contribution in [0.4, 0.5) is 18.0 Å². The Balaban J connectivity index is 0.000000251. The van der Waals surface area contributed by atoms with E-state index in [0.717, 1.165) is 130 Å². The molecule has 5 unspecified atom stereocenters. The molecule has 21 nitrogen and oxygen atoms in total. The molecule has 1 fully saturated rings. The van der Waals surface area contributed by atoms with Crippen LogP contribution >= 0.6 is 0 Å². The molecule has 1 aliphatic heterocycles. The van der Waals surface area contributed by atoms with Gasteiger partial charge in [0.05, 0.1) is 25.4 Å². The van der Waals surface area contributed by atoms with Gasteiger partial charge in [0.15, 0.2) is 5.67 Å². The van der Waals surface area contributed by atoms with Crippen LogP contribution < -0.4 is 37.2 Å². The lowest BCUT2D eigenvalue weighted by molar-refractivity contribution is -0.134. The second-order valence-electron chi connectivity index (χ2n) is 39.7. The lowest BCUT2D eigenvalue weighted by Gasteiger charge is -2.28. The Kier molecular flexibility index (Phi) is 53.6. The molecule has 0 radical (unpaired) electrons. The van der Waals surface area contributed by atoms with E-state index in [1.807, 2.05) is 187 Å². The quantitative estimate of drug-likeness (QED) is 0.0261. The van der Waals surface area contributed by atoms with Gasteiger partial charge < -0.3 is 65.8 Å². The van der Waals surface area contributed by atoms with Gasteiger partial charge in [-0.15, -0.1) is 29.6 Å². The minimum Gasteiger partial charge on any atom is -0.449 e. The van der Waals surface area contributed by atoms with E-state index in [4.69, 9.17) is 23.7 Å². The Morgan fingerprint density at radius 3 is 1.54 bits per heavy atom. The van der Waals surface area contributed by atoms with Gasteiger partial charge >= 0.3 is 12.0 Å². The lowest BCUT2D eigenvalue weighted by atomic mass is 9.89. The number of ether oxygens (including phenoxy) is 5. The summed E-state index contributed by atoms with van der Waals surface area (Å²) in [4.78, 5) is 95.6. The zero-order valence-electron chi connectivity index (χ0n) is 86.5. The highest BCUT2D eigenvalue weighted by atomic mass is 19.3. The second kappa shape index (κ2) is 63.7. The van der Waals surface area contributed by atoms with Gasteiger partial charge in [-0.05, 0) is 262 Å². The standard InChI is InChI=1S/C21H21NO2.C19H24FNO.C19H25NO2.C16H26N2O2.C15H23NO2.C13H19F2NO2.C13H21NO2/c1-15(2)22-21(23)14-24-20-13-18-9-4-3-7-16(18)11-12-17-8-5-6-10-19(17)20;1-15(2)21-18(22)17-10-8-16(9-11-17)14-19(20)12-6-4-3-5-7-13-19;1-15(2)20-19(21)17-12-10-16(11-13-17)14-22-18-8-6-4-3-5-7-9-18;1-12(2)17-15(19)8-9-16(20)18-10-6-5-7-13(3)14(4)11-18;1-11(2)16-14(17)18-10-13-12-8-6-4-5-7-9-15(12,13)3;1-10(2)16-12(17)9-18-11-5-3-4-7-13(14,15)8-6-11;1-11(2)14-13(15)10-16-12-8-6-4-3-5-7-9-12/h3-10,15,20H,13-14H2,1-2H3,(H,22,23);8-11,15H,3-6,12,14H2,1-2H3,(H,21,22);10-13,15,18H,3-6,8,14H2,1-2H3,(H,20,21);12-14H,6,8-11H2,1-4H3,(H,17,19);11-13H,6-10H2,1-3H3,(H,16,17);10-11H,3,5-6,8-9H2,1-2H3,(H,16,17);11-12H,3-6,8,10H2,1-2H3,(H,14,15)/t;;;13-,14-;12-,13+,15-;;/m...00../s1. The number of alkyl carbamates (subject to hydrolysis) is 1. The third-order valence-electron chi connectivity index (χ3n) is 24.2. The molecule has 8 amide bonds. The first-order valence-electron chi connectivity index (χ1n) is 51.1. The van der Waals surface area contributed by atoms with E-state index in [0.29, 0.717) is 92.1 Å². The van der Waals surface area contributed by atoms with Crippen LogP contribution in [0.2, 0.25) is 0 Å². The first-order valence-corrected chi connectivity index (χ1v) is 51.1. The van der Waals surface area contributed by atoms with Crippen molar-refractivity contribution in [2.75, 3.05) is 39.5 Å². The van der Waals surface area contributed by atoms with Gasteiger partial charge in [0.2, 0.25) is 29.5 Å². The fraction of sp³-hybridized carbons (Fsp3) is 0.603. The van der Waals surface area contributed by atoms with Crippen molar-refractivity contribution in [3.63, 3.8) is 0 Å². The molecule has 762 valence electrons. The summed E-state index contributed by atoms with van der Waals surface area (Å²) >= 11 is 0. The Hall–Kier alpha value is -11.0. The van der Waals surface area contributed by atoms with Crippen molar-refractivity contribution in [1.29, 1.82) is 0 Å². The van der Waals surface area contributed by atoms with Crippen molar-refractivity contribution in [3.8, 4) is 82.9 Å². The summed E-state index contributed by atoms with van der Waals surface area (Å²) in [5.74, 6) is 40.5. The highest BCUT2D eigenvalue weighted by Crippen LogP contribution is 2.63. The Bertz CT molecular complexity index is 5030. The molecule has 7 aliphatic carbocycles. The van der Waals surface area contributed by atoms with Crippen LogP contribution in [0.3, 0.4) is 0 Å². The van der Waals surface area contributed by atoms with Crippen LogP contribution in [0, 0.1) is 112 Å². The van der Waals surface area contributed by atoms with E-state index in [1.54, 1.807) is 12.1 Å². The second-order valence-corrected chi connectivity index (χ2v) is 39.7. The Morgan fingerprint density at radius 1 is 0.443 bits per heavy atom. The summed E-state index contributed by atoms with van der Waals surface area (Å²) in [6.07, 6.45) is 22.0. The van der Waals surface area contributed by atoms with E-state index < -0.39 is 11.6 Å². The highest BCUT2D eigenvalue weighted by Gasteiger charge is 2.60. The number of carbonyl (C=O) groups excluding carboxylic acids is 8. The fourth-order valence-electron chi connectivity index (χ4n) is 16.6. The lowest BCUT2D eigenvalue weighted by Crippen LogP contribution is -2.38. The van der Waals surface area contributed by atoms with Crippen molar-refractivity contribution in [2.24, 2.45) is 29.1 Å². The topological polar surface area (TPSA) is 270 Å². The molecule has 140 heavy (non-hydrogen) atoms. The van der Waals surface area contributed by atoms with Crippen LogP contribution in [-0.2, 0) is 67.1 Å². The molecular weight excluding hydrogens is 1770 g/mol. The molecule has 1 saturated carbocycles. The molecule has 4 aromatic carbocycles. The number of alkyl halides is 3. The van der Waals surface area contributed by atoms with Crippen LogP contribution in [0.5, 0.6) is 0 Å². The summed E-state index contributed by atoms with van der Waals surface area (Å²) in [5.41, 5.74) is 6.34. The number of fused-ring (bicyclic) bond motifs is 3. The van der Waals surface area contributed by atoms with Gasteiger partial charge in [-0.2, -0.15) is 8.78 Å². The maximum atomic E-state index is 14.9. The van der Waals surface area contributed by atoms with Crippen molar-refractivity contribution in [1.82, 2.24) is 42.1 Å². The number of halogens is 3. The molecule has 8 aliphatic rings. The molecule has 0 spiro atoms. The smallest absolute Gasteiger partial charge is 0.407 e. The molecule has 12 rings (SSSR count). The maximum Gasteiger partial charge on any atom is 0.407 e. The maximum absolute atomic E-state index is 14.9. The fourth-order valence-corrected chi connectivity index (χ4v) is 16.6. The van der Waals surface area contributed by atoms with Gasteiger partial charge in [-0.25, -0.2) is 9.18 Å². The number of rotatable bonds is 28. The summed E-state index contributed by atoms with van der Waals surface area (Å²) in [7, 11) is 0. The van der Waals surface area contributed by atoms with Gasteiger partial charge in [0.1, 0.15) is 32.0 Å². The number of carbonyl (C=O) groups is 8. The van der Waals surface area contributed by atoms with E-state index in [9.17, 15) is 51.5 Å². The summed E-state index contributed by atoms with van der Waals surface area (Å²) in [5, 5.41) is 19.6. The van der Waals surface area contributed by atoms with Gasteiger partial charge in [-0.1, -0.05) is 148 Å². The van der Waals surface area contributed by atoms with Crippen molar-refractivity contribution < 1.29 is 75.2 Å². The number of hydrogen-bond donors (Lipinski definition) is 7. The van der Waals surface area contributed by atoms with Crippen LogP contribution in [0.25, 0.3) is 0 Å². The number of hydrogen-bond acceptors (Lipinski definition) is 13. The third-order valence-corrected chi connectivity index (χ3v) is 24.2. The number of amides is 8. The molecule has 0 bridgehead atoms. The van der Waals surface area contributed by atoms with Crippen molar-refractivity contribution >= 4 is 47.4 Å². The SMILES string of the molecule is CC(C)NC(=O)CCC(=O)N1CCC#C[C@H](C)[C@@H](C)C1.CC(C)NC(=O)COC1C#CCCCCC1.CC(C)NC(=O)COC1CCC#CC(F)(F)CC1.CC(C)NC(=O)COC1Cc2ccccc2C#Cc2ccccc21.CC(C)NC(=O)OC[C@@H]1[C@@H]2CCC#CCC[C@]12C.CC(C)NC(=O)c1ccc(CC2(F)C#CCCCCC2)cc1.CC(C)NC(=O)c1ccc(COC2C#CCCCCC2)cc1. The molecule has 0 saturated heterocycles. The van der Waals surface area contributed by atoms with Crippen molar-refractivity contribution in [3.05, 3.63) is 142 Å².